The van der Waals surface area contributed by atoms with Gasteiger partial charge in [-0.15, -0.1) is 5.23 Å². The zero-order chi connectivity index (χ0) is 20.0. The number of hydrogen-bond donors (Lipinski definition) is 5. The molecular weight excluding hydrogens is 352 g/mol. The van der Waals surface area contributed by atoms with E-state index in [-0.39, 0.29) is 23.3 Å². The second-order valence-corrected chi connectivity index (χ2v) is 8.97. The van der Waals surface area contributed by atoms with Gasteiger partial charge in [0.2, 0.25) is 0 Å². The van der Waals surface area contributed by atoms with Crippen LogP contribution in [0.15, 0.2) is 12.3 Å². The quantitative estimate of drug-likeness (QED) is 0.477. The molecule has 0 bridgehead atoms. The highest BCUT2D eigenvalue weighted by Gasteiger charge is 2.53. The van der Waals surface area contributed by atoms with Gasteiger partial charge in [0, 0.05) is 12.6 Å². The smallest absolute Gasteiger partial charge is 0.161 e. The maximum atomic E-state index is 10.8. The molecule has 0 spiro atoms. The number of aliphatic hydroxyl groups is 2. The van der Waals surface area contributed by atoms with E-state index in [1.165, 1.54) is 0 Å². The van der Waals surface area contributed by atoms with Crippen LogP contribution in [0.2, 0.25) is 0 Å². The van der Waals surface area contributed by atoms with E-state index in [0.717, 1.165) is 24.8 Å². The van der Waals surface area contributed by atoms with Crippen LogP contribution in [-0.2, 0) is 15.9 Å². The minimum Gasteiger partial charge on any atom is -0.390 e. The Bertz CT molecular complexity index is 657. The molecule has 3 rings (SSSR count). The Hall–Kier alpha value is -1.16. The normalized spacial score (nSPS) is 35.6. The summed E-state index contributed by atoms with van der Waals surface area (Å²) in [4.78, 5) is 2.72. The van der Waals surface area contributed by atoms with Gasteiger partial charge in [0.25, 0.3) is 0 Å². The zero-order valence-corrected chi connectivity index (χ0v) is 16.5. The van der Waals surface area contributed by atoms with Crippen molar-refractivity contribution in [3.63, 3.8) is 0 Å². The molecule has 2 aliphatic rings. The van der Waals surface area contributed by atoms with E-state index < -0.39 is 22.9 Å². The van der Waals surface area contributed by atoms with Crippen LogP contribution < -0.4 is 5.23 Å². The molecule has 0 saturated carbocycles. The molecule has 0 aromatic carbocycles. The minimum atomic E-state index is -0.890. The number of nitrogens with one attached hydrogen (secondary N) is 1. The molecule has 5 unspecified atom stereocenters. The Morgan fingerprint density at radius 3 is 2.52 bits per heavy atom. The fourth-order valence-corrected chi connectivity index (χ4v) is 4.23. The molecule has 2 saturated heterocycles. The van der Waals surface area contributed by atoms with Crippen LogP contribution in [0, 0.1) is 0 Å². The Morgan fingerprint density at radius 1 is 1.26 bits per heavy atom. The van der Waals surface area contributed by atoms with Gasteiger partial charge in [-0.25, -0.2) is 0 Å². The number of nitrogens with zero attached hydrogens (tertiary/aromatic N) is 1. The first-order valence-corrected chi connectivity index (χ1v) is 9.54. The summed E-state index contributed by atoms with van der Waals surface area (Å²) in [6.45, 7) is 7.45. The number of hydrogen-bond acceptors (Lipinski definition) is 7. The molecule has 0 radical (unpaired) electrons. The second-order valence-electron chi connectivity index (χ2n) is 8.97. The lowest BCUT2D eigenvalue weighted by molar-refractivity contribution is -0.189. The van der Waals surface area contributed by atoms with Crippen LogP contribution >= 0.6 is 0 Å². The molecule has 2 aliphatic heterocycles. The fourth-order valence-electron chi connectivity index (χ4n) is 4.23. The van der Waals surface area contributed by atoms with Gasteiger partial charge in [-0.05, 0) is 65.0 Å². The average molecular weight is 384 g/mol. The van der Waals surface area contributed by atoms with E-state index in [4.69, 9.17) is 19.9 Å². The SMILES string of the molecule is CC(C)(O)C1CCC(C)(C2CCC(C)(C(O)Cc3c[nH]c(N(O)O)c3)O2)O1. The van der Waals surface area contributed by atoms with E-state index in [1.54, 1.807) is 26.1 Å². The largest absolute Gasteiger partial charge is 0.390 e. The van der Waals surface area contributed by atoms with Crippen LogP contribution in [0.4, 0.5) is 5.82 Å². The van der Waals surface area contributed by atoms with Crippen molar-refractivity contribution in [2.45, 2.75) is 94.9 Å². The molecule has 5 atom stereocenters. The monoisotopic (exact) mass is 384 g/mol. The summed E-state index contributed by atoms with van der Waals surface area (Å²) in [6.07, 6.45) is 3.92. The third kappa shape index (κ3) is 4.16. The molecule has 27 heavy (non-hydrogen) atoms. The maximum Gasteiger partial charge on any atom is 0.161 e. The van der Waals surface area contributed by atoms with Crippen LogP contribution in [0.1, 0.15) is 58.9 Å². The first-order chi connectivity index (χ1) is 12.4. The van der Waals surface area contributed by atoms with Crippen LogP contribution in [-0.4, -0.2) is 60.7 Å². The fraction of sp³-hybridized carbons (Fsp3) is 0.789. The highest BCUT2D eigenvalue weighted by molar-refractivity contribution is 5.37. The molecule has 8 heteroatoms. The zero-order valence-electron chi connectivity index (χ0n) is 16.5. The van der Waals surface area contributed by atoms with Gasteiger partial charge < -0.3 is 24.7 Å². The highest BCUT2D eigenvalue weighted by Crippen LogP contribution is 2.46. The van der Waals surface area contributed by atoms with Gasteiger partial charge >= 0.3 is 0 Å². The summed E-state index contributed by atoms with van der Waals surface area (Å²) >= 11 is 0. The van der Waals surface area contributed by atoms with Crippen molar-refractivity contribution in [1.29, 1.82) is 0 Å². The predicted molar refractivity (Wildman–Crippen MR) is 97.9 cm³/mol. The number of ether oxygens (including phenoxy) is 2. The second kappa shape index (κ2) is 7.02. The number of anilines is 1. The minimum absolute atomic E-state index is 0.0109. The number of H-pyrrole nitrogens is 1. The van der Waals surface area contributed by atoms with Gasteiger partial charge in [0.15, 0.2) is 5.82 Å². The molecule has 3 heterocycles. The van der Waals surface area contributed by atoms with Gasteiger partial charge in [-0.1, -0.05) is 0 Å². The van der Waals surface area contributed by atoms with Crippen molar-refractivity contribution < 1.29 is 30.1 Å². The van der Waals surface area contributed by atoms with Gasteiger partial charge in [0.1, 0.15) is 0 Å². The van der Waals surface area contributed by atoms with E-state index in [2.05, 4.69) is 4.98 Å². The maximum absolute atomic E-state index is 10.8. The van der Waals surface area contributed by atoms with Crippen molar-refractivity contribution in [2.24, 2.45) is 0 Å². The Kier molecular flexibility index (Phi) is 5.35. The van der Waals surface area contributed by atoms with Crippen molar-refractivity contribution in [3.05, 3.63) is 17.8 Å². The number of aromatic nitrogens is 1. The van der Waals surface area contributed by atoms with Crippen molar-refractivity contribution >= 4 is 5.82 Å². The lowest BCUT2D eigenvalue weighted by Gasteiger charge is -2.37. The average Bonchev–Trinajstić information content (AvgIpc) is 3.26. The molecule has 1 aromatic rings. The molecule has 0 amide bonds. The van der Waals surface area contributed by atoms with E-state index in [0.29, 0.717) is 12.8 Å². The Balaban J connectivity index is 1.63. The number of rotatable bonds is 6. The van der Waals surface area contributed by atoms with E-state index in [9.17, 15) is 10.2 Å². The topological polar surface area (TPSA) is 118 Å². The van der Waals surface area contributed by atoms with E-state index in [1.807, 2.05) is 13.8 Å². The lowest BCUT2D eigenvalue weighted by atomic mass is 9.89. The number of aliphatic hydroxyl groups excluding tert-OH is 1. The molecule has 2 fully saturated rings. The predicted octanol–water partition coefficient (Wildman–Crippen LogP) is 2.15. The van der Waals surface area contributed by atoms with Crippen LogP contribution in [0.5, 0.6) is 0 Å². The molecule has 154 valence electrons. The van der Waals surface area contributed by atoms with Gasteiger partial charge in [-0.3, -0.25) is 10.4 Å². The summed E-state index contributed by atoms with van der Waals surface area (Å²) in [6, 6.07) is 1.56. The van der Waals surface area contributed by atoms with Crippen molar-refractivity contribution in [3.8, 4) is 0 Å². The summed E-state index contributed by atoms with van der Waals surface area (Å²) in [7, 11) is 0. The van der Waals surface area contributed by atoms with Crippen molar-refractivity contribution in [2.75, 3.05) is 5.23 Å². The standard InChI is InChI=1S/C19H32N2O6/c1-17(2,23)14-5-8-19(4,26-14)15-6-7-18(3,27-15)13(22)9-12-10-16(20-11-12)21(24)25/h10-11,13-15,20,22-25H,5-9H2,1-4H3. The molecule has 0 aliphatic carbocycles. The summed E-state index contributed by atoms with van der Waals surface area (Å²) < 4.78 is 12.5. The summed E-state index contributed by atoms with van der Waals surface area (Å²) in [5.74, 6) is 0.136. The van der Waals surface area contributed by atoms with Crippen LogP contribution in [0.3, 0.4) is 0 Å². The molecule has 8 nitrogen and oxygen atoms in total. The first-order valence-electron chi connectivity index (χ1n) is 9.54. The van der Waals surface area contributed by atoms with Crippen molar-refractivity contribution in [1.82, 2.24) is 4.98 Å². The first kappa shape index (κ1) is 20.6. The third-order valence-corrected chi connectivity index (χ3v) is 6.17. The number of aromatic amines is 1. The molecule has 1 aromatic heterocycles. The van der Waals surface area contributed by atoms with E-state index >= 15 is 0 Å². The Morgan fingerprint density at radius 2 is 1.96 bits per heavy atom. The molecular formula is C19H32N2O6. The van der Waals surface area contributed by atoms with Gasteiger partial charge in [-0.2, -0.15) is 0 Å². The summed E-state index contributed by atoms with van der Waals surface area (Å²) in [5.41, 5.74) is -1.32. The van der Waals surface area contributed by atoms with Gasteiger partial charge in [0.05, 0.1) is 35.1 Å². The third-order valence-electron chi connectivity index (χ3n) is 6.17. The molecule has 5 N–H and O–H groups in total. The summed E-state index contributed by atoms with van der Waals surface area (Å²) in [5, 5.41) is 39.1. The highest BCUT2D eigenvalue weighted by atomic mass is 16.8. The lowest BCUT2D eigenvalue weighted by Crippen LogP contribution is -2.47. The Labute approximate surface area is 159 Å². The van der Waals surface area contributed by atoms with Crippen LogP contribution in [0.25, 0.3) is 0 Å².